The number of fused-ring (bicyclic) bond motifs is 1. The Morgan fingerprint density at radius 2 is 2.12 bits per heavy atom. The lowest BCUT2D eigenvalue weighted by Gasteiger charge is -2.14. The number of aromatic nitrogens is 4. The molecule has 9 heteroatoms. The number of rotatable bonds is 6. The van der Waals surface area contributed by atoms with Gasteiger partial charge in [-0.05, 0) is 26.0 Å². The third kappa shape index (κ3) is 3.89. The summed E-state index contributed by atoms with van der Waals surface area (Å²) in [6.45, 7) is 4.33. The number of hydrogen-bond acceptors (Lipinski definition) is 8. The number of aromatic amines is 1. The smallest absolute Gasteiger partial charge is 0.290 e. The molecule has 0 radical (unpaired) electrons. The van der Waals surface area contributed by atoms with Crippen LogP contribution in [0.5, 0.6) is 11.6 Å². The minimum Gasteiger partial charge on any atom is -0.436 e. The lowest BCUT2D eigenvalue weighted by Crippen LogP contribution is -2.22. The van der Waals surface area contributed by atoms with E-state index in [4.69, 9.17) is 15.2 Å². The number of anilines is 2. The average Bonchev–Trinajstić information content (AvgIpc) is 2.56. The van der Waals surface area contributed by atoms with Crippen LogP contribution in [-0.4, -0.2) is 39.7 Å². The van der Waals surface area contributed by atoms with Gasteiger partial charge >= 0.3 is 0 Å². The van der Waals surface area contributed by atoms with Crippen molar-refractivity contribution in [2.75, 3.05) is 24.8 Å². The topological polar surface area (TPSA) is 128 Å². The van der Waals surface area contributed by atoms with Gasteiger partial charge in [0.25, 0.3) is 5.56 Å². The van der Waals surface area contributed by atoms with Gasteiger partial charge in [0.15, 0.2) is 11.6 Å². The first-order valence-corrected chi connectivity index (χ1v) is 8.04. The molecule has 136 valence electrons. The molecule has 2 heterocycles. The fourth-order valence-electron chi connectivity index (χ4n) is 2.46. The highest BCUT2D eigenvalue weighted by Gasteiger charge is 2.11. The molecular weight excluding hydrogens is 336 g/mol. The van der Waals surface area contributed by atoms with Gasteiger partial charge in [-0.25, -0.2) is 9.97 Å². The van der Waals surface area contributed by atoms with E-state index in [1.807, 2.05) is 13.8 Å². The number of methoxy groups -OCH3 is 1. The van der Waals surface area contributed by atoms with Crippen molar-refractivity contribution in [3.63, 3.8) is 0 Å². The third-order valence-corrected chi connectivity index (χ3v) is 3.55. The molecule has 0 aliphatic heterocycles. The number of nitrogens with one attached hydrogen (secondary N) is 2. The predicted molar refractivity (Wildman–Crippen MR) is 98.6 cm³/mol. The number of nitrogens with zero attached hydrogens (tertiary/aromatic N) is 3. The van der Waals surface area contributed by atoms with E-state index in [1.165, 1.54) is 0 Å². The number of nitrogens with two attached hydrogens (primary N) is 1. The van der Waals surface area contributed by atoms with E-state index < -0.39 is 5.56 Å². The molecule has 26 heavy (non-hydrogen) atoms. The van der Waals surface area contributed by atoms with Crippen LogP contribution in [0, 0.1) is 6.92 Å². The number of nitrogen functional groups attached to an aromatic ring is 1. The summed E-state index contributed by atoms with van der Waals surface area (Å²) in [4.78, 5) is 27.1. The van der Waals surface area contributed by atoms with Crippen molar-refractivity contribution in [3.05, 3.63) is 40.3 Å². The van der Waals surface area contributed by atoms with E-state index in [9.17, 15) is 4.79 Å². The monoisotopic (exact) mass is 356 g/mol. The number of hydrogen-bond donors (Lipinski definition) is 3. The number of H-pyrrole nitrogens is 1. The van der Waals surface area contributed by atoms with Gasteiger partial charge in [-0.3, -0.25) is 4.79 Å². The summed E-state index contributed by atoms with van der Waals surface area (Å²) in [5, 5.41) is 3.15. The largest absolute Gasteiger partial charge is 0.436 e. The Morgan fingerprint density at radius 1 is 1.31 bits per heavy atom. The van der Waals surface area contributed by atoms with Crippen molar-refractivity contribution in [2.45, 2.75) is 19.9 Å². The fourth-order valence-corrected chi connectivity index (χ4v) is 2.46. The number of benzene rings is 1. The zero-order valence-electron chi connectivity index (χ0n) is 14.7. The van der Waals surface area contributed by atoms with Crippen LogP contribution in [0.15, 0.2) is 29.1 Å². The maximum atomic E-state index is 11.6. The molecule has 0 amide bonds. The first kappa shape index (κ1) is 17.6. The third-order valence-electron chi connectivity index (χ3n) is 3.55. The molecule has 0 aliphatic carbocycles. The fraction of sp³-hybridized carbons (Fsp3) is 0.294. The molecule has 0 bridgehead atoms. The van der Waals surface area contributed by atoms with Gasteiger partial charge in [0, 0.05) is 24.9 Å². The molecule has 0 saturated carbocycles. The summed E-state index contributed by atoms with van der Waals surface area (Å²) >= 11 is 0. The summed E-state index contributed by atoms with van der Waals surface area (Å²) in [7, 11) is 1.63. The molecule has 2 aromatic heterocycles. The van der Waals surface area contributed by atoms with Crippen LogP contribution in [0.2, 0.25) is 0 Å². The lowest BCUT2D eigenvalue weighted by atomic mass is 10.3. The highest BCUT2D eigenvalue weighted by Crippen LogP contribution is 2.27. The highest BCUT2D eigenvalue weighted by atomic mass is 16.5. The van der Waals surface area contributed by atoms with E-state index in [1.54, 1.807) is 31.4 Å². The summed E-state index contributed by atoms with van der Waals surface area (Å²) in [6.07, 6.45) is 0. The number of ether oxygens (including phenoxy) is 2. The van der Waals surface area contributed by atoms with Crippen molar-refractivity contribution >= 4 is 22.8 Å². The molecule has 0 fully saturated rings. The first-order chi connectivity index (χ1) is 12.5. The average molecular weight is 356 g/mol. The first-order valence-electron chi connectivity index (χ1n) is 8.04. The Kier molecular flexibility index (Phi) is 4.99. The molecule has 1 aromatic carbocycles. The van der Waals surface area contributed by atoms with E-state index in [-0.39, 0.29) is 11.9 Å². The summed E-state index contributed by atoms with van der Waals surface area (Å²) < 4.78 is 11.0. The summed E-state index contributed by atoms with van der Waals surface area (Å²) in [5.74, 6) is 1.09. The summed E-state index contributed by atoms with van der Waals surface area (Å²) in [5.41, 5.74) is 6.90. The van der Waals surface area contributed by atoms with Crippen molar-refractivity contribution in [1.82, 2.24) is 19.9 Å². The maximum Gasteiger partial charge on any atom is 0.290 e. The Balaban J connectivity index is 1.94. The van der Waals surface area contributed by atoms with Crippen LogP contribution >= 0.6 is 0 Å². The lowest BCUT2D eigenvalue weighted by molar-refractivity contribution is 0.190. The van der Waals surface area contributed by atoms with Gasteiger partial charge in [0.1, 0.15) is 5.52 Å². The molecule has 9 nitrogen and oxygen atoms in total. The molecule has 0 unspecified atom stereocenters. The van der Waals surface area contributed by atoms with Crippen LogP contribution < -0.4 is 21.3 Å². The number of aryl methyl sites for hydroxylation is 1. The second-order valence-electron chi connectivity index (χ2n) is 5.88. The van der Waals surface area contributed by atoms with Crippen LogP contribution in [0.1, 0.15) is 12.6 Å². The molecular formula is C17H20N6O3. The minimum atomic E-state index is -0.439. The Labute approximate surface area is 149 Å². The SMILES string of the molecule is COC[C@H](C)Nc1nc(C)cc(Oc2cccc3[nH]c(=O)c(N)nc23)n1. The van der Waals surface area contributed by atoms with Crippen LogP contribution in [0.25, 0.3) is 11.0 Å². The van der Waals surface area contributed by atoms with E-state index in [2.05, 4.69) is 25.3 Å². The van der Waals surface area contributed by atoms with Crippen LogP contribution in [-0.2, 0) is 4.74 Å². The second kappa shape index (κ2) is 7.36. The second-order valence-corrected chi connectivity index (χ2v) is 5.88. The molecule has 0 saturated heterocycles. The molecule has 0 spiro atoms. The highest BCUT2D eigenvalue weighted by molar-refractivity contribution is 5.82. The normalized spacial score (nSPS) is 12.1. The van der Waals surface area contributed by atoms with Gasteiger partial charge in [0.05, 0.1) is 12.1 Å². The van der Waals surface area contributed by atoms with Gasteiger partial charge in [-0.2, -0.15) is 4.98 Å². The van der Waals surface area contributed by atoms with E-state index in [0.29, 0.717) is 35.2 Å². The van der Waals surface area contributed by atoms with E-state index in [0.717, 1.165) is 5.69 Å². The van der Waals surface area contributed by atoms with Crippen LogP contribution in [0.4, 0.5) is 11.8 Å². The molecule has 3 aromatic rings. The Bertz CT molecular complexity index is 988. The minimum absolute atomic E-state index is 0.0405. The molecule has 1 atom stereocenters. The zero-order valence-corrected chi connectivity index (χ0v) is 14.7. The van der Waals surface area contributed by atoms with Crippen molar-refractivity contribution in [3.8, 4) is 11.6 Å². The Hall–Kier alpha value is -3.20. The van der Waals surface area contributed by atoms with Gasteiger partial charge in [-0.15, -0.1) is 0 Å². The van der Waals surface area contributed by atoms with Crippen molar-refractivity contribution in [2.24, 2.45) is 0 Å². The quantitative estimate of drug-likeness (QED) is 0.610. The predicted octanol–water partition coefficient (Wildman–Crippen LogP) is 1.84. The molecule has 4 N–H and O–H groups in total. The molecule has 0 aliphatic rings. The Morgan fingerprint density at radius 3 is 2.88 bits per heavy atom. The van der Waals surface area contributed by atoms with Crippen LogP contribution in [0.3, 0.4) is 0 Å². The van der Waals surface area contributed by atoms with E-state index >= 15 is 0 Å². The van der Waals surface area contributed by atoms with Crippen molar-refractivity contribution in [1.29, 1.82) is 0 Å². The standard InChI is InChI=1S/C17H20N6O3/c1-9-7-13(22-17(19-9)20-10(2)8-25-3)26-12-6-4-5-11-14(12)23-15(18)16(24)21-11/h4-7,10H,8H2,1-3H3,(H2,18,23)(H,21,24)(H,19,20,22)/t10-/m0/s1. The molecule has 3 rings (SSSR count). The van der Waals surface area contributed by atoms with Gasteiger partial charge in [0.2, 0.25) is 11.8 Å². The van der Waals surface area contributed by atoms with Gasteiger partial charge < -0.3 is 25.5 Å². The zero-order chi connectivity index (χ0) is 18.7. The summed E-state index contributed by atoms with van der Waals surface area (Å²) in [6, 6.07) is 6.95. The maximum absolute atomic E-state index is 11.6. The van der Waals surface area contributed by atoms with Gasteiger partial charge in [-0.1, -0.05) is 6.07 Å². The number of para-hydroxylation sites is 1. The van der Waals surface area contributed by atoms with Crippen molar-refractivity contribution < 1.29 is 9.47 Å².